The molecule has 1 saturated heterocycles. The van der Waals surface area contributed by atoms with E-state index in [4.69, 9.17) is 5.11 Å². The lowest BCUT2D eigenvalue weighted by molar-refractivity contribution is 0.103. The number of carboxylic acid groups (broad SMARTS) is 1. The second kappa shape index (κ2) is 8.35. The van der Waals surface area contributed by atoms with Gasteiger partial charge in [-0.2, -0.15) is 0 Å². The lowest BCUT2D eigenvalue weighted by Crippen LogP contribution is -2.47. The van der Waals surface area contributed by atoms with Crippen molar-refractivity contribution in [1.82, 2.24) is 24.8 Å². The molecule has 34 heavy (non-hydrogen) atoms. The van der Waals surface area contributed by atoms with Crippen molar-refractivity contribution in [1.29, 1.82) is 0 Å². The number of aromatic amines is 2. The predicted molar refractivity (Wildman–Crippen MR) is 134 cm³/mol. The second-order valence-corrected chi connectivity index (χ2v) is 8.84. The first-order valence-electron chi connectivity index (χ1n) is 11.5. The molecule has 6 rings (SSSR count). The van der Waals surface area contributed by atoms with Crippen molar-refractivity contribution in [3.63, 3.8) is 0 Å². The molecule has 4 heterocycles. The van der Waals surface area contributed by atoms with Gasteiger partial charge in [0.15, 0.2) is 0 Å². The minimum atomic E-state index is -0.829. The standard InChI is InChI=1S/C27H25N5O2/c33-27(34)32-11-9-31(10-12-32)17-18-1-3-19(4-2-18)22-14-23-24(16-30-26(23)29-15-22)20-5-6-25-21(13-20)7-8-28-25/h1-8,13-16,28H,9-12,17H2,(H,29,30)(H,33,34). The first-order valence-corrected chi connectivity index (χ1v) is 11.5. The summed E-state index contributed by atoms with van der Waals surface area (Å²) in [4.78, 5) is 26.1. The Balaban J connectivity index is 1.23. The van der Waals surface area contributed by atoms with Gasteiger partial charge in [0.25, 0.3) is 0 Å². The van der Waals surface area contributed by atoms with Crippen molar-refractivity contribution in [2.75, 3.05) is 26.2 Å². The van der Waals surface area contributed by atoms with E-state index in [0.717, 1.165) is 58.4 Å². The average molecular weight is 452 g/mol. The molecule has 1 amide bonds. The summed E-state index contributed by atoms with van der Waals surface area (Å²) in [6.45, 7) is 3.48. The molecule has 1 aliphatic rings. The lowest BCUT2D eigenvalue weighted by atomic mass is 10.0. The van der Waals surface area contributed by atoms with Gasteiger partial charge < -0.3 is 20.0 Å². The molecule has 0 radical (unpaired) electrons. The first kappa shape index (κ1) is 20.5. The van der Waals surface area contributed by atoms with E-state index in [0.29, 0.717) is 13.1 Å². The molecule has 2 aromatic carbocycles. The van der Waals surface area contributed by atoms with Crippen molar-refractivity contribution >= 4 is 28.0 Å². The zero-order chi connectivity index (χ0) is 23.1. The number of benzene rings is 2. The van der Waals surface area contributed by atoms with Crippen molar-refractivity contribution in [2.24, 2.45) is 0 Å². The fraction of sp³-hybridized carbons (Fsp3) is 0.185. The van der Waals surface area contributed by atoms with Gasteiger partial charge >= 0.3 is 6.09 Å². The van der Waals surface area contributed by atoms with Crippen molar-refractivity contribution in [3.8, 4) is 22.3 Å². The van der Waals surface area contributed by atoms with Crippen molar-refractivity contribution < 1.29 is 9.90 Å². The van der Waals surface area contributed by atoms with Gasteiger partial charge in [-0.15, -0.1) is 0 Å². The Morgan fingerprint density at radius 3 is 2.50 bits per heavy atom. The Kier molecular flexibility index (Phi) is 5.04. The Morgan fingerprint density at radius 1 is 0.912 bits per heavy atom. The molecule has 0 aliphatic carbocycles. The van der Waals surface area contributed by atoms with E-state index in [1.165, 1.54) is 15.8 Å². The molecule has 0 bridgehead atoms. The monoisotopic (exact) mass is 451 g/mol. The Morgan fingerprint density at radius 2 is 1.71 bits per heavy atom. The summed E-state index contributed by atoms with van der Waals surface area (Å²) >= 11 is 0. The number of pyridine rings is 1. The van der Waals surface area contributed by atoms with Gasteiger partial charge in [-0.1, -0.05) is 30.3 Å². The highest BCUT2D eigenvalue weighted by atomic mass is 16.4. The summed E-state index contributed by atoms with van der Waals surface area (Å²) in [5.74, 6) is 0. The maximum Gasteiger partial charge on any atom is 0.407 e. The minimum absolute atomic E-state index is 0.565. The average Bonchev–Trinajstić information content (AvgIpc) is 3.51. The summed E-state index contributed by atoms with van der Waals surface area (Å²) in [7, 11) is 0. The number of hydrogen-bond donors (Lipinski definition) is 3. The number of piperazine rings is 1. The number of H-pyrrole nitrogens is 2. The van der Waals surface area contributed by atoms with E-state index in [-0.39, 0.29) is 0 Å². The Hall–Kier alpha value is -4.10. The molecule has 3 N–H and O–H groups in total. The maximum absolute atomic E-state index is 11.1. The van der Waals surface area contributed by atoms with Gasteiger partial charge in [-0.25, -0.2) is 9.78 Å². The molecule has 0 unspecified atom stereocenters. The number of amides is 1. The maximum atomic E-state index is 11.1. The van der Waals surface area contributed by atoms with Crippen LogP contribution in [0.4, 0.5) is 4.79 Å². The van der Waals surface area contributed by atoms with Gasteiger partial charge in [0, 0.05) is 73.3 Å². The van der Waals surface area contributed by atoms with Crippen LogP contribution in [0.25, 0.3) is 44.2 Å². The molecule has 1 fully saturated rings. The van der Waals surface area contributed by atoms with E-state index >= 15 is 0 Å². The van der Waals surface area contributed by atoms with Crippen LogP contribution >= 0.6 is 0 Å². The van der Waals surface area contributed by atoms with Crippen LogP contribution in [0.2, 0.25) is 0 Å². The van der Waals surface area contributed by atoms with E-state index in [2.05, 4.69) is 74.4 Å². The van der Waals surface area contributed by atoms with E-state index in [9.17, 15) is 4.79 Å². The second-order valence-electron chi connectivity index (χ2n) is 8.84. The molecule has 0 spiro atoms. The number of aromatic nitrogens is 3. The molecule has 7 heteroatoms. The zero-order valence-corrected chi connectivity index (χ0v) is 18.7. The van der Waals surface area contributed by atoms with Gasteiger partial charge in [0.1, 0.15) is 5.65 Å². The molecular weight excluding hydrogens is 426 g/mol. The Labute approximate surface area is 196 Å². The summed E-state index contributed by atoms with van der Waals surface area (Å²) in [6.07, 6.45) is 5.08. The molecule has 0 saturated carbocycles. The fourth-order valence-electron chi connectivity index (χ4n) is 4.78. The number of hydrogen-bond acceptors (Lipinski definition) is 3. The molecule has 170 valence electrons. The lowest BCUT2D eigenvalue weighted by Gasteiger charge is -2.33. The molecule has 1 aliphatic heterocycles. The molecule has 0 atom stereocenters. The normalized spacial score (nSPS) is 14.8. The van der Waals surface area contributed by atoms with Crippen molar-refractivity contribution in [2.45, 2.75) is 6.54 Å². The summed E-state index contributed by atoms with van der Waals surface area (Å²) in [5, 5.41) is 11.4. The van der Waals surface area contributed by atoms with Crippen LogP contribution in [0, 0.1) is 0 Å². The quantitative estimate of drug-likeness (QED) is 0.352. The van der Waals surface area contributed by atoms with Crippen LogP contribution in [-0.2, 0) is 6.54 Å². The highest BCUT2D eigenvalue weighted by molar-refractivity contribution is 5.98. The zero-order valence-electron chi connectivity index (χ0n) is 18.7. The van der Waals surface area contributed by atoms with Crippen LogP contribution in [0.15, 0.2) is 73.2 Å². The third-order valence-corrected chi connectivity index (χ3v) is 6.73. The van der Waals surface area contributed by atoms with Crippen LogP contribution < -0.4 is 0 Å². The van der Waals surface area contributed by atoms with Crippen molar-refractivity contribution in [3.05, 3.63) is 78.8 Å². The van der Waals surface area contributed by atoms with Gasteiger partial charge in [-0.3, -0.25) is 4.90 Å². The van der Waals surface area contributed by atoms with E-state index < -0.39 is 6.09 Å². The van der Waals surface area contributed by atoms with Crippen LogP contribution in [-0.4, -0.2) is 62.1 Å². The summed E-state index contributed by atoms with van der Waals surface area (Å²) in [6, 6.07) is 19.3. The number of nitrogens with zero attached hydrogens (tertiary/aromatic N) is 3. The smallest absolute Gasteiger partial charge is 0.407 e. The topological polar surface area (TPSA) is 88.2 Å². The summed E-state index contributed by atoms with van der Waals surface area (Å²) < 4.78 is 0. The SMILES string of the molecule is O=C(O)N1CCN(Cc2ccc(-c3cnc4[nH]cc(-c5ccc6[nH]ccc6c5)c4c3)cc2)CC1. The fourth-order valence-corrected chi connectivity index (χ4v) is 4.78. The largest absolute Gasteiger partial charge is 0.465 e. The first-order chi connectivity index (χ1) is 16.6. The molecule has 7 nitrogen and oxygen atoms in total. The van der Waals surface area contributed by atoms with E-state index in [1.807, 2.05) is 18.6 Å². The minimum Gasteiger partial charge on any atom is -0.465 e. The molecule has 3 aromatic heterocycles. The number of fused-ring (bicyclic) bond motifs is 2. The highest BCUT2D eigenvalue weighted by Gasteiger charge is 2.20. The third kappa shape index (κ3) is 3.80. The van der Waals surface area contributed by atoms with Crippen LogP contribution in [0.3, 0.4) is 0 Å². The van der Waals surface area contributed by atoms with Crippen LogP contribution in [0.1, 0.15) is 5.56 Å². The number of rotatable bonds is 4. The van der Waals surface area contributed by atoms with Crippen LogP contribution in [0.5, 0.6) is 0 Å². The predicted octanol–water partition coefficient (Wildman–Crippen LogP) is 5.17. The summed E-state index contributed by atoms with van der Waals surface area (Å²) in [5.41, 5.74) is 7.75. The third-order valence-electron chi connectivity index (χ3n) is 6.73. The highest BCUT2D eigenvalue weighted by Crippen LogP contribution is 2.32. The van der Waals surface area contributed by atoms with E-state index in [1.54, 1.807) is 0 Å². The van der Waals surface area contributed by atoms with Gasteiger partial charge in [0.2, 0.25) is 0 Å². The Bertz CT molecular complexity index is 1480. The number of carbonyl (C=O) groups is 1. The van der Waals surface area contributed by atoms with Gasteiger partial charge in [0.05, 0.1) is 0 Å². The number of nitrogens with one attached hydrogen (secondary N) is 2. The molecular formula is C27H25N5O2. The molecule has 5 aromatic rings. The van der Waals surface area contributed by atoms with Gasteiger partial charge in [-0.05, 0) is 46.3 Å².